The number of hydrogen-bond donors (Lipinski definition) is 2. The molecule has 7 nitrogen and oxygen atoms in total. The number of esters is 1. The van der Waals surface area contributed by atoms with E-state index in [1.54, 1.807) is 0 Å². The molecule has 0 aromatic carbocycles. The molecule has 0 amide bonds. The van der Waals surface area contributed by atoms with Gasteiger partial charge in [0.1, 0.15) is 5.60 Å². The standard InChI is InChI=1S/C27H36O7/c1-23-5-6-25(32-7-8-33-25)12-26(23,31)17-9-13(17)19-16(23)3-4-24(2)20(19)14-10-18(14)27(24)11-15(21(28)29)22(30)34-27/h13-20,31H,3-12H2,1-2H3,(H,28,29)/t13-,14?,15?,16?,17+,18-,19?,20?,23?,24?,26?,27?/m0/s1. The Morgan fingerprint density at radius 2 is 1.71 bits per heavy atom. The molecule has 9 unspecified atom stereocenters. The smallest absolute Gasteiger partial charge is 0.321 e. The molecule has 7 heteroatoms. The maximum absolute atomic E-state index is 12.7. The van der Waals surface area contributed by atoms with Crippen molar-refractivity contribution in [2.24, 2.45) is 58.2 Å². The highest BCUT2D eigenvalue weighted by Crippen LogP contribution is 2.83. The van der Waals surface area contributed by atoms with Crippen LogP contribution in [0.5, 0.6) is 0 Å². The van der Waals surface area contributed by atoms with Gasteiger partial charge < -0.3 is 24.4 Å². The second-order valence-electron chi connectivity index (χ2n) is 13.7. The van der Waals surface area contributed by atoms with Crippen molar-refractivity contribution in [2.45, 2.75) is 82.2 Å². The van der Waals surface area contributed by atoms with Crippen molar-refractivity contribution < 1.29 is 34.0 Å². The zero-order chi connectivity index (χ0) is 23.5. The monoisotopic (exact) mass is 472 g/mol. The molecule has 0 aromatic heterocycles. The van der Waals surface area contributed by atoms with Crippen LogP contribution in [0.3, 0.4) is 0 Å². The van der Waals surface area contributed by atoms with Crippen molar-refractivity contribution >= 4 is 11.9 Å². The van der Waals surface area contributed by atoms with Crippen LogP contribution in [0.1, 0.15) is 65.2 Å². The van der Waals surface area contributed by atoms with Crippen LogP contribution in [0.4, 0.5) is 0 Å². The lowest BCUT2D eigenvalue weighted by Gasteiger charge is -2.65. The molecule has 0 radical (unpaired) electrons. The van der Waals surface area contributed by atoms with Crippen molar-refractivity contribution in [1.29, 1.82) is 0 Å². The molecule has 2 saturated heterocycles. The van der Waals surface area contributed by atoms with E-state index < -0.39 is 34.8 Å². The minimum atomic E-state index is -1.04. The number of carbonyl (C=O) groups is 2. The zero-order valence-electron chi connectivity index (χ0n) is 20.1. The first-order chi connectivity index (χ1) is 16.1. The van der Waals surface area contributed by atoms with Gasteiger partial charge in [-0.1, -0.05) is 13.8 Å². The van der Waals surface area contributed by atoms with E-state index in [0.29, 0.717) is 61.6 Å². The fourth-order valence-corrected chi connectivity index (χ4v) is 11.4. The van der Waals surface area contributed by atoms with Crippen molar-refractivity contribution in [2.75, 3.05) is 13.2 Å². The third-order valence-corrected chi connectivity index (χ3v) is 13.0. The lowest BCUT2D eigenvalue weighted by atomic mass is 9.42. The molecule has 186 valence electrons. The normalized spacial score (nSPS) is 61.8. The van der Waals surface area contributed by atoms with Crippen LogP contribution in [0.15, 0.2) is 0 Å². The number of hydrogen-bond acceptors (Lipinski definition) is 6. The molecule has 2 spiro atoms. The Hall–Kier alpha value is -1.18. The number of aliphatic carboxylic acids is 1. The van der Waals surface area contributed by atoms with Gasteiger partial charge in [-0.3, -0.25) is 9.59 Å². The fourth-order valence-electron chi connectivity index (χ4n) is 11.4. The summed E-state index contributed by atoms with van der Waals surface area (Å²) >= 11 is 0. The number of rotatable bonds is 1. The van der Waals surface area contributed by atoms with Crippen LogP contribution < -0.4 is 0 Å². The number of ether oxygens (including phenoxy) is 3. The molecule has 6 saturated carbocycles. The Morgan fingerprint density at radius 3 is 2.41 bits per heavy atom. The minimum Gasteiger partial charge on any atom is -0.481 e. The van der Waals surface area contributed by atoms with Gasteiger partial charge in [-0.15, -0.1) is 0 Å². The quantitative estimate of drug-likeness (QED) is 0.447. The summed E-state index contributed by atoms with van der Waals surface area (Å²) in [5.41, 5.74) is -1.67. The molecule has 8 aliphatic rings. The minimum absolute atomic E-state index is 0.159. The van der Waals surface area contributed by atoms with Gasteiger partial charge in [-0.05, 0) is 67.6 Å². The summed E-state index contributed by atoms with van der Waals surface area (Å²) in [5.74, 6) is -0.0874. The van der Waals surface area contributed by atoms with Crippen LogP contribution in [-0.2, 0) is 23.8 Å². The Bertz CT molecular complexity index is 1000. The molecule has 0 bridgehead atoms. The van der Waals surface area contributed by atoms with Gasteiger partial charge in [-0.25, -0.2) is 0 Å². The molecule has 8 fully saturated rings. The highest BCUT2D eigenvalue weighted by Gasteiger charge is 2.84. The first-order valence-corrected chi connectivity index (χ1v) is 13.6. The van der Waals surface area contributed by atoms with Gasteiger partial charge in [0.25, 0.3) is 0 Å². The summed E-state index contributed by atoms with van der Waals surface area (Å²) in [5, 5.41) is 22.0. The number of fused-ring (bicyclic) bond motifs is 12. The third-order valence-electron chi connectivity index (χ3n) is 13.0. The van der Waals surface area contributed by atoms with E-state index in [1.807, 2.05) is 0 Å². The molecule has 0 aromatic rings. The van der Waals surface area contributed by atoms with Crippen molar-refractivity contribution in [3.05, 3.63) is 0 Å². The van der Waals surface area contributed by atoms with Gasteiger partial charge in [0.05, 0.1) is 18.8 Å². The van der Waals surface area contributed by atoms with Gasteiger partial charge in [0, 0.05) is 36.0 Å². The van der Waals surface area contributed by atoms with Crippen LogP contribution in [0.25, 0.3) is 0 Å². The second-order valence-corrected chi connectivity index (χ2v) is 13.7. The molecule has 12 atom stereocenters. The topological polar surface area (TPSA) is 102 Å². The molecule has 2 N–H and O–H groups in total. The zero-order valence-corrected chi connectivity index (χ0v) is 20.1. The maximum Gasteiger partial charge on any atom is 0.321 e. The van der Waals surface area contributed by atoms with Crippen LogP contribution >= 0.6 is 0 Å². The first kappa shape index (κ1) is 21.0. The van der Waals surface area contributed by atoms with Crippen LogP contribution in [-0.4, -0.2) is 52.4 Å². The number of carboxylic acids is 1. The number of carbonyl (C=O) groups excluding carboxylic acids is 1. The SMILES string of the molecule is CC12CCC3(CC1(O)[C@@H]1C[C@@H]1C1C2CCC2(C)C1C1C[C@@H]1C21CC(C(=O)O)C(=O)O1)OCCO3. The summed E-state index contributed by atoms with van der Waals surface area (Å²) in [6, 6.07) is 0. The average molecular weight is 473 g/mol. The Labute approximate surface area is 199 Å². The van der Waals surface area contributed by atoms with Crippen molar-refractivity contribution in [1.82, 2.24) is 0 Å². The molecule has 2 heterocycles. The molecule has 6 aliphatic carbocycles. The molecule has 2 aliphatic heterocycles. The number of aliphatic hydroxyl groups is 1. The predicted octanol–water partition coefficient (Wildman–Crippen LogP) is 2.99. The van der Waals surface area contributed by atoms with Gasteiger partial charge in [0.2, 0.25) is 0 Å². The van der Waals surface area contributed by atoms with Crippen molar-refractivity contribution in [3.63, 3.8) is 0 Å². The van der Waals surface area contributed by atoms with Crippen LogP contribution in [0, 0.1) is 58.2 Å². The lowest BCUT2D eigenvalue weighted by molar-refractivity contribution is -0.292. The van der Waals surface area contributed by atoms with Gasteiger partial charge >= 0.3 is 11.9 Å². The molecule has 34 heavy (non-hydrogen) atoms. The summed E-state index contributed by atoms with van der Waals surface area (Å²) in [4.78, 5) is 24.5. The van der Waals surface area contributed by atoms with E-state index in [2.05, 4.69) is 13.8 Å². The number of carboxylic acid groups (broad SMARTS) is 1. The van der Waals surface area contributed by atoms with Crippen LogP contribution in [0.2, 0.25) is 0 Å². The Kier molecular flexibility index (Phi) is 3.61. The second kappa shape index (κ2) is 5.86. The average Bonchev–Trinajstić information content (AvgIpc) is 3.66. The maximum atomic E-state index is 12.7. The van der Waals surface area contributed by atoms with E-state index in [-0.39, 0.29) is 16.7 Å². The predicted molar refractivity (Wildman–Crippen MR) is 117 cm³/mol. The largest absolute Gasteiger partial charge is 0.481 e. The Morgan fingerprint density at radius 1 is 0.971 bits per heavy atom. The van der Waals surface area contributed by atoms with E-state index in [4.69, 9.17) is 14.2 Å². The van der Waals surface area contributed by atoms with Crippen molar-refractivity contribution in [3.8, 4) is 0 Å². The van der Waals surface area contributed by atoms with E-state index in [1.165, 1.54) is 0 Å². The van der Waals surface area contributed by atoms with Gasteiger partial charge in [0.15, 0.2) is 11.7 Å². The highest BCUT2D eigenvalue weighted by atomic mass is 16.7. The summed E-state index contributed by atoms with van der Waals surface area (Å²) < 4.78 is 18.3. The van der Waals surface area contributed by atoms with E-state index >= 15 is 0 Å². The summed E-state index contributed by atoms with van der Waals surface area (Å²) in [6.07, 6.45) is 6.81. The lowest BCUT2D eigenvalue weighted by Crippen LogP contribution is -2.67. The third kappa shape index (κ3) is 2.08. The summed E-state index contributed by atoms with van der Waals surface area (Å²) in [6.45, 7) is 5.89. The Balaban J connectivity index is 1.17. The molecular formula is C27H36O7. The van der Waals surface area contributed by atoms with E-state index in [9.17, 15) is 19.8 Å². The summed E-state index contributed by atoms with van der Waals surface area (Å²) in [7, 11) is 0. The molecular weight excluding hydrogens is 436 g/mol. The first-order valence-electron chi connectivity index (χ1n) is 13.6. The van der Waals surface area contributed by atoms with Gasteiger partial charge in [-0.2, -0.15) is 0 Å². The van der Waals surface area contributed by atoms with E-state index in [0.717, 1.165) is 38.5 Å². The highest BCUT2D eigenvalue weighted by molar-refractivity contribution is 5.96. The molecule has 8 rings (SSSR count). The fraction of sp³-hybridized carbons (Fsp3) is 0.926.